The Kier molecular flexibility index (Phi) is 4.50. The molecular formula is C19H15ClFN3O3. The van der Waals surface area contributed by atoms with E-state index in [0.29, 0.717) is 34.4 Å². The molecule has 138 valence electrons. The summed E-state index contributed by atoms with van der Waals surface area (Å²) in [5.74, 6) is 0.248. The first-order valence-corrected chi connectivity index (χ1v) is 8.74. The highest BCUT2D eigenvalue weighted by Gasteiger charge is 2.29. The molecule has 0 unspecified atom stereocenters. The van der Waals surface area contributed by atoms with Crippen LogP contribution in [0.3, 0.4) is 0 Å². The van der Waals surface area contributed by atoms with E-state index in [1.165, 1.54) is 12.1 Å². The molecule has 8 heteroatoms. The first-order valence-electron chi connectivity index (χ1n) is 8.36. The number of carbonyl (C=O) groups is 1. The van der Waals surface area contributed by atoms with Crippen LogP contribution in [0.1, 0.15) is 12.0 Å². The maximum absolute atomic E-state index is 13.5. The minimum atomic E-state index is -0.385. The Hall–Kier alpha value is -2.98. The molecule has 2 heterocycles. The number of nitriles is 1. The van der Waals surface area contributed by atoms with Crippen molar-refractivity contribution >= 4 is 28.9 Å². The molecule has 1 N–H and O–H groups in total. The van der Waals surface area contributed by atoms with Crippen molar-refractivity contribution in [2.75, 3.05) is 23.4 Å². The third-order valence-electron chi connectivity index (χ3n) is 4.51. The van der Waals surface area contributed by atoms with Crippen LogP contribution in [0.15, 0.2) is 30.3 Å². The van der Waals surface area contributed by atoms with Crippen molar-refractivity contribution < 1.29 is 18.7 Å². The number of hydrogen-bond acceptors (Lipinski definition) is 5. The summed E-state index contributed by atoms with van der Waals surface area (Å²) in [6.45, 7) is 0.623. The van der Waals surface area contributed by atoms with E-state index in [-0.39, 0.29) is 37.4 Å². The summed E-state index contributed by atoms with van der Waals surface area (Å²) in [6.07, 6.45) is 0.259. The van der Waals surface area contributed by atoms with Gasteiger partial charge in [-0.15, -0.1) is 0 Å². The second-order valence-electron chi connectivity index (χ2n) is 6.36. The third kappa shape index (κ3) is 3.36. The Labute approximate surface area is 160 Å². The molecule has 0 saturated heterocycles. The summed E-state index contributed by atoms with van der Waals surface area (Å²) >= 11 is 6.31. The lowest BCUT2D eigenvalue weighted by molar-refractivity contribution is -0.118. The van der Waals surface area contributed by atoms with Crippen LogP contribution in [0.5, 0.6) is 11.5 Å². The molecule has 0 saturated carbocycles. The van der Waals surface area contributed by atoms with Crippen molar-refractivity contribution in [1.29, 1.82) is 5.26 Å². The van der Waals surface area contributed by atoms with Gasteiger partial charge in [-0.3, -0.25) is 4.79 Å². The molecule has 2 aliphatic rings. The highest BCUT2D eigenvalue weighted by Crippen LogP contribution is 2.39. The number of anilines is 2. The number of hydrogen-bond donors (Lipinski definition) is 1. The molecule has 0 aliphatic carbocycles. The van der Waals surface area contributed by atoms with E-state index < -0.39 is 0 Å². The highest BCUT2D eigenvalue weighted by atomic mass is 35.5. The van der Waals surface area contributed by atoms with Gasteiger partial charge in [0.2, 0.25) is 0 Å². The molecule has 0 aromatic heterocycles. The van der Waals surface area contributed by atoms with Crippen molar-refractivity contribution in [1.82, 2.24) is 0 Å². The van der Waals surface area contributed by atoms with Gasteiger partial charge < -0.3 is 19.7 Å². The number of benzene rings is 2. The van der Waals surface area contributed by atoms with Crippen LogP contribution in [-0.4, -0.2) is 25.2 Å². The second-order valence-corrected chi connectivity index (χ2v) is 6.77. The standard InChI is InChI=1S/C19H15ClFN3O3/c20-14-5-11(6-15-19(14)27-10-18(25)23-15)8-24-13(3-4-22)9-26-17-7-12(21)1-2-16(17)24/h1-2,5-7,13H,3,8-10H2,(H,23,25)/t13-/m0/s1. The molecular weight excluding hydrogens is 373 g/mol. The van der Waals surface area contributed by atoms with E-state index in [4.69, 9.17) is 26.3 Å². The SMILES string of the molecule is N#CC[C@H]1COc2cc(F)ccc2N1Cc1cc(Cl)c2c(c1)NC(=O)CO2. The van der Waals surface area contributed by atoms with E-state index in [1.54, 1.807) is 18.2 Å². The van der Waals surface area contributed by atoms with Crippen molar-refractivity contribution in [2.24, 2.45) is 0 Å². The summed E-state index contributed by atoms with van der Waals surface area (Å²) in [4.78, 5) is 13.6. The van der Waals surface area contributed by atoms with Gasteiger partial charge in [0.25, 0.3) is 5.91 Å². The third-order valence-corrected chi connectivity index (χ3v) is 4.79. The lowest BCUT2D eigenvalue weighted by Gasteiger charge is -2.38. The molecule has 2 aromatic rings. The van der Waals surface area contributed by atoms with Gasteiger partial charge in [0.1, 0.15) is 18.2 Å². The molecule has 0 radical (unpaired) electrons. The number of fused-ring (bicyclic) bond motifs is 2. The first-order chi connectivity index (χ1) is 13.0. The lowest BCUT2D eigenvalue weighted by atomic mass is 10.1. The zero-order chi connectivity index (χ0) is 19.0. The maximum Gasteiger partial charge on any atom is 0.262 e. The van der Waals surface area contributed by atoms with Crippen molar-refractivity contribution in [3.05, 3.63) is 46.7 Å². The van der Waals surface area contributed by atoms with Gasteiger partial charge in [-0.2, -0.15) is 5.26 Å². The second kappa shape index (κ2) is 6.97. The van der Waals surface area contributed by atoms with Crippen LogP contribution >= 0.6 is 11.6 Å². The van der Waals surface area contributed by atoms with E-state index >= 15 is 0 Å². The summed E-state index contributed by atoms with van der Waals surface area (Å²) < 4.78 is 24.6. The van der Waals surface area contributed by atoms with Gasteiger partial charge in [-0.1, -0.05) is 11.6 Å². The monoisotopic (exact) mass is 387 g/mol. The Morgan fingerprint density at radius 2 is 2.19 bits per heavy atom. The van der Waals surface area contributed by atoms with Crippen LogP contribution in [0.4, 0.5) is 15.8 Å². The number of ether oxygens (including phenoxy) is 2. The predicted octanol–water partition coefficient (Wildman–Crippen LogP) is 3.49. The van der Waals surface area contributed by atoms with Gasteiger partial charge in [0.05, 0.1) is 34.9 Å². The van der Waals surface area contributed by atoms with Crippen LogP contribution in [0.2, 0.25) is 5.02 Å². The van der Waals surface area contributed by atoms with Crippen LogP contribution in [0, 0.1) is 17.1 Å². The number of rotatable bonds is 3. The predicted molar refractivity (Wildman–Crippen MR) is 97.7 cm³/mol. The molecule has 27 heavy (non-hydrogen) atoms. The molecule has 4 rings (SSSR count). The molecule has 2 aromatic carbocycles. The normalized spacial score (nSPS) is 17.7. The van der Waals surface area contributed by atoms with Gasteiger partial charge in [0, 0.05) is 12.6 Å². The highest BCUT2D eigenvalue weighted by molar-refractivity contribution is 6.32. The summed E-state index contributed by atoms with van der Waals surface area (Å²) in [6, 6.07) is 9.86. The Morgan fingerprint density at radius 3 is 3.00 bits per heavy atom. The summed E-state index contributed by atoms with van der Waals surface area (Å²) in [5.41, 5.74) is 2.04. The smallest absolute Gasteiger partial charge is 0.262 e. The average Bonchev–Trinajstić information content (AvgIpc) is 2.63. The fourth-order valence-electron chi connectivity index (χ4n) is 3.30. The number of nitrogens with one attached hydrogen (secondary N) is 1. The first kappa shape index (κ1) is 17.4. The summed E-state index contributed by atoms with van der Waals surface area (Å²) in [7, 11) is 0. The Balaban J connectivity index is 1.70. The maximum atomic E-state index is 13.5. The Bertz CT molecular complexity index is 960. The van der Waals surface area contributed by atoms with Gasteiger partial charge in [0.15, 0.2) is 12.4 Å². The van der Waals surface area contributed by atoms with E-state index in [0.717, 1.165) is 5.56 Å². The Morgan fingerprint density at radius 1 is 1.33 bits per heavy atom. The topological polar surface area (TPSA) is 74.6 Å². The minimum absolute atomic E-state index is 0.0707. The zero-order valence-corrected chi connectivity index (χ0v) is 14.9. The fourth-order valence-corrected chi connectivity index (χ4v) is 3.60. The van der Waals surface area contributed by atoms with Gasteiger partial charge >= 0.3 is 0 Å². The molecule has 0 bridgehead atoms. The van der Waals surface area contributed by atoms with Crippen molar-refractivity contribution in [3.8, 4) is 17.6 Å². The molecule has 6 nitrogen and oxygen atoms in total. The van der Waals surface area contributed by atoms with Crippen molar-refractivity contribution in [2.45, 2.75) is 19.0 Å². The zero-order valence-electron chi connectivity index (χ0n) is 14.2. The average molecular weight is 388 g/mol. The quantitative estimate of drug-likeness (QED) is 0.872. The van der Waals surface area contributed by atoms with E-state index in [1.807, 2.05) is 4.90 Å². The van der Waals surface area contributed by atoms with E-state index in [9.17, 15) is 9.18 Å². The van der Waals surface area contributed by atoms with Crippen LogP contribution in [0.25, 0.3) is 0 Å². The van der Waals surface area contributed by atoms with Crippen molar-refractivity contribution in [3.63, 3.8) is 0 Å². The number of halogens is 2. The van der Waals surface area contributed by atoms with Crippen LogP contribution in [-0.2, 0) is 11.3 Å². The molecule has 1 atom stereocenters. The number of amides is 1. The van der Waals surface area contributed by atoms with Crippen LogP contribution < -0.4 is 19.7 Å². The minimum Gasteiger partial charge on any atom is -0.489 e. The largest absolute Gasteiger partial charge is 0.489 e. The lowest BCUT2D eigenvalue weighted by Crippen LogP contribution is -2.42. The molecule has 0 spiro atoms. The molecule has 2 aliphatic heterocycles. The van der Waals surface area contributed by atoms with Gasteiger partial charge in [-0.25, -0.2) is 4.39 Å². The fraction of sp³-hybridized carbons (Fsp3) is 0.263. The van der Waals surface area contributed by atoms with Gasteiger partial charge in [-0.05, 0) is 29.8 Å². The van der Waals surface area contributed by atoms with E-state index in [2.05, 4.69) is 11.4 Å². The molecule has 1 amide bonds. The summed E-state index contributed by atoms with van der Waals surface area (Å²) in [5, 5.41) is 12.3. The number of nitrogens with zero attached hydrogens (tertiary/aromatic N) is 2. The number of carbonyl (C=O) groups excluding carboxylic acids is 1. The molecule has 0 fully saturated rings.